The van der Waals surface area contributed by atoms with Gasteiger partial charge in [-0.3, -0.25) is 4.79 Å². The zero-order valence-electron chi connectivity index (χ0n) is 5.69. The van der Waals surface area contributed by atoms with E-state index in [0.29, 0.717) is 5.01 Å². The number of thiazole rings is 1. The average molecular weight is 183 g/mol. The largest absolute Gasteiger partial charge is 0.303 e. The van der Waals surface area contributed by atoms with Crippen LogP contribution in [0.15, 0.2) is 27.8 Å². The first-order chi connectivity index (χ1) is 5.79. The second-order valence-electron chi connectivity index (χ2n) is 2.01. The van der Waals surface area contributed by atoms with Crippen LogP contribution in [0.25, 0.3) is 5.57 Å². The second kappa shape index (κ2) is 2.56. The molecule has 0 N–H and O–H groups in total. The van der Waals surface area contributed by atoms with Gasteiger partial charge >= 0.3 is 5.91 Å². The Morgan fingerprint density at radius 2 is 2.25 bits per heavy atom. The molecule has 0 bridgehead atoms. The van der Waals surface area contributed by atoms with Gasteiger partial charge in [0, 0.05) is 11.6 Å². The summed E-state index contributed by atoms with van der Waals surface area (Å²) in [5, 5.41) is 8.04. The maximum atomic E-state index is 12.8. The van der Waals surface area contributed by atoms with E-state index in [1.165, 1.54) is 17.5 Å². The Bertz CT molecular complexity index is 382. The highest BCUT2D eigenvalue weighted by molar-refractivity contribution is 7.11. The lowest BCUT2D eigenvalue weighted by atomic mass is 10.3. The van der Waals surface area contributed by atoms with E-state index in [2.05, 4.69) is 15.2 Å². The minimum Gasteiger partial charge on any atom is -0.265 e. The van der Waals surface area contributed by atoms with Crippen LogP contribution in [0.1, 0.15) is 5.01 Å². The van der Waals surface area contributed by atoms with Gasteiger partial charge in [0.15, 0.2) is 0 Å². The summed E-state index contributed by atoms with van der Waals surface area (Å²) in [6.45, 7) is 0. The maximum absolute atomic E-state index is 12.8. The van der Waals surface area contributed by atoms with Gasteiger partial charge in [-0.05, 0) is 0 Å². The highest BCUT2D eigenvalue weighted by Crippen LogP contribution is 2.28. The summed E-state index contributed by atoms with van der Waals surface area (Å²) in [7, 11) is 0. The van der Waals surface area contributed by atoms with Gasteiger partial charge < -0.3 is 0 Å². The summed E-state index contributed by atoms with van der Waals surface area (Å²) < 4.78 is 12.8. The van der Waals surface area contributed by atoms with Gasteiger partial charge in [0.05, 0.1) is 0 Å². The molecule has 1 aliphatic heterocycles. The van der Waals surface area contributed by atoms with Gasteiger partial charge in [-0.2, -0.15) is 4.39 Å². The summed E-state index contributed by atoms with van der Waals surface area (Å²) in [4.78, 5) is 14.7. The predicted molar refractivity (Wildman–Crippen MR) is 40.0 cm³/mol. The Morgan fingerprint density at radius 3 is 2.75 bits per heavy atom. The number of carbonyl (C=O) groups excluding carboxylic acids is 1. The van der Waals surface area contributed by atoms with Crippen LogP contribution in [0.5, 0.6) is 0 Å². The number of halogens is 1. The van der Waals surface area contributed by atoms with Crippen LogP contribution >= 0.6 is 11.3 Å². The van der Waals surface area contributed by atoms with Crippen LogP contribution in [0.3, 0.4) is 0 Å². The fourth-order valence-corrected chi connectivity index (χ4v) is 1.47. The third kappa shape index (κ3) is 0.964. The van der Waals surface area contributed by atoms with Crippen molar-refractivity contribution in [3.05, 3.63) is 22.5 Å². The maximum Gasteiger partial charge on any atom is 0.303 e. The monoisotopic (exact) mass is 183 g/mol. The molecule has 60 valence electrons. The van der Waals surface area contributed by atoms with E-state index < -0.39 is 11.9 Å². The van der Waals surface area contributed by atoms with Crippen LogP contribution in [-0.2, 0) is 4.79 Å². The molecule has 2 heterocycles. The van der Waals surface area contributed by atoms with Gasteiger partial charge in [-0.1, -0.05) is 0 Å². The Balaban J connectivity index is 2.50. The van der Waals surface area contributed by atoms with E-state index in [1.54, 1.807) is 5.38 Å². The van der Waals surface area contributed by atoms with Crippen LogP contribution < -0.4 is 0 Å². The van der Waals surface area contributed by atoms with Crippen molar-refractivity contribution in [3.8, 4) is 0 Å². The molecule has 0 saturated carbocycles. The van der Waals surface area contributed by atoms with Crippen LogP contribution in [0.4, 0.5) is 4.39 Å². The first kappa shape index (κ1) is 7.23. The molecular weight excluding hydrogens is 181 g/mol. The average Bonchev–Trinajstić information content (AvgIpc) is 2.61. The highest BCUT2D eigenvalue weighted by Gasteiger charge is 2.25. The fourth-order valence-electron chi connectivity index (χ4n) is 0.804. The van der Waals surface area contributed by atoms with Gasteiger partial charge in [0.2, 0.25) is 5.95 Å². The van der Waals surface area contributed by atoms with Crippen LogP contribution in [0.2, 0.25) is 0 Å². The molecule has 1 amide bonds. The SMILES string of the molecule is O=C1N=NC(F)=C1c1nccs1. The Morgan fingerprint density at radius 1 is 1.42 bits per heavy atom. The van der Waals surface area contributed by atoms with E-state index in [0.717, 1.165) is 0 Å². The lowest BCUT2D eigenvalue weighted by Gasteiger charge is -1.88. The summed E-state index contributed by atoms with van der Waals surface area (Å²) in [6.07, 6.45) is 1.49. The summed E-state index contributed by atoms with van der Waals surface area (Å²) >= 11 is 1.18. The number of aromatic nitrogens is 1. The van der Waals surface area contributed by atoms with Crippen molar-refractivity contribution in [1.82, 2.24) is 4.98 Å². The molecule has 0 unspecified atom stereocenters. The summed E-state index contributed by atoms with van der Waals surface area (Å²) in [5.74, 6) is -1.52. The van der Waals surface area contributed by atoms with Crippen molar-refractivity contribution in [3.63, 3.8) is 0 Å². The molecule has 0 aromatic carbocycles. The van der Waals surface area contributed by atoms with Gasteiger partial charge in [0.1, 0.15) is 10.6 Å². The smallest absolute Gasteiger partial charge is 0.265 e. The predicted octanol–water partition coefficient (Wildman–Crippen LogP) is 1.77. The number of carbonyl (C=O) groups is 1. The standard InChI is InChI=1S/C6H2FN3OS/c7-4-3(5(11)10-9-4)6-8-1-2-12-6/h1-2H. The molecular formula is C6H2FN3OS. The number of amides is 1. The first-order valence-corrected chi connectivity index (χ1v) is 3.92. The third-order valence-corrected chi connectivity index (χ3v) is 2.09. The molecule has 2 rings (SSSR count). The van der Waals surface area contributed by atoms with E-state index in [4.69, 9.17) is 0 Å². The molecule has 1 aromatic rings. The van der Waals surface area contributed by atoms with Crippen molar-refractivity contribution in [2.45, 2.75) is 0 Å². The number of hydrogen-bond donors (Lipinski definition) is 0. The van der Waals surface area contributed by atoms with Gasteiger partial charge in [-0.15, -0.1) is 21.6 Å². The highest BCUT2D eigenvalue weighted by atomic mass is 32.1. The molecule has 0 saturated heterocycles. The molecule has 12 heavy (non-hydrogen) atoms. The quantitative estimate of drug-likeness (QED) is 0.623. The first-order valence-electron chi connectivity index (χ1n) is 3.05. The Hall–Kier alpha value is -1.43. The van der Waals surface area contributed by atoms with Gasteiger partial charge in [0.25, 0.3) is 0 Å². The molecule has 0 aliphatic carbocycles. The lowest BCUT2D eigenvalue weighted by molar-refractivity contribution is -0.112. The third-order valence-electron chi connectivity index (χ3n) is 1.29. The number of rotatable bonds is 1. The molecule has 0 fully saturated rings. The van der Waals surface area contributed by atoms with E-state index in [1.807, 2.05) is 0 Å². The Labute approximate surface area is 70.5 Å². The van der Waals surface area contributed by atoms with Crippen molar-refractivity contribution in [1.29, 1.82) is 0 Å². The number of nitrogens with zero attached hydrogens (tertiary/aromatic N) is 3. The van der Waals surface area contributed by atoms with E-state index in [-0.39, 0.29) is 5.57 Å². The molecule has 1 aromatic heterocycles. The zero-order chi connectivity index (χ0) is 8.55. The molecule has 6 heteroatoms. The zero-order valence-corrected chi connectivity index (χ0v) is 6.51. The number of hydrogen-bond acceptors (Lipinski definition) is 4. The molecule has 1 aliphatic rings. The van der Waals surface area contributed by atoms with Crippen molar-refractivity contribution < 1.29 is 9.18 Å². The Kier molecular flexibility index (Phi) is 1.54. The fraction of sp³-hybridized carbons (Fsp3) is 0. The minimum absolute atomic E-state index is 0.134. The van der Waals surface area contributed by atoms with E-state index in [9.17, 15) is 9.18 Å². The van der Waals surface area contributed by atoms with Crippen LogP contribution in [0, 0.1) is 0 Å². The number of azo groups is 1. The topological polar surface area (TPSA) is 54.7 Å². The molecule has 0 spiro atoms. The minimum atomic E-state index is -0.852. The van der Waals surface area contributed by atoms with Crippen molar-refractivity contribution in [2.75, 3.05) is 0 Å². The summed E-state index contributed by atoms with van der Waals surface area (Å²) in [6, 6.07) is 0. The molecule has 4 nitrogen and oxygen atoms in total. The van der Waals surface area contributed by atoms with Crippen molar-refractivity contribution in [2.24, 2.45) is 10.2 Å². The molecule has 0 atom stereocenters. The van der Waals surface area contributed by atoms with Gasteiger partial charge in [-0.25, -0.2) is 4.98 Å². The van der Waals surface area contributed by atoms with Crippen molar-refractivity contribution >= 4 is 22.8 Å². The second-order valence-corrected chi connectivity index (χ2v) is 2.90. The lowest BCUT2D eigenvalue weighted by Crippen LogP contribution is -1.93. The van der Waals surface area contributed by atoms with E-state index >= 15 is 0 Å². The van der Waals surface area contributed by atoms with Crippen LogP contribution in [-0.4, -0.2) is 10.9 Å². The summed E-state index contributed by atoms with van der Waals surface area (Å²) in [5.41, 5.74) is -0.134. The normalized spacial score (nSPS) is 16.2. The molecule has 0 radical (unpaired) electrons.